The molecule has 100 valence electrons. The SMILES string of the molecule is CC(CCN)CCC(=O)N1CCCC(C)(O)C1. The van der Waals surface area contributed by atoms with Crippen molar-refractivity contribution in [2.45, 2.75) is 51.6 Å². The van der Waals surface area contributed by atoms with Gasteiger partial charge in [0.25, 0.3) is 0 Å². The minimum atomic E-state index is -0.698. The lowest BCUT2D eigenvalue weighted by atomic mass is 9.94. The van der Waals surface area contributed by atoms with Gasteiger partial charge in [0, 0.05) is 19.5 Å². The molecule has 1 aliphatic rings. The van der Waals surface area contributed by atoms with E-state index >= 15 is 0 Å². The molecule has 0 aromatic heterocycles. The fourth-order valence-electron chi connectivity index (χ4n) is 2.39. The number of amides is 1. The summed E-state index contributed by atoms with van der Waals surface area (Å²) in [6.07, 6.45) is 4.15. The molecule has 1 heterocycles. The molecule has 0 bridgehead atoms. The zero-order valence-corrected chi connectivity index (χ0v) is 11.1. The predicted octanol–water partition coefficient (Wildman–Crippen LogP) is 1.12. The number of aliphatic hydroxyl groups is 1. The van der Waals surface area contributed by atoms with Gasteiger partial charge in [-0.1, -0.05) is 6.92 Å². The van der Waals surface area contributed by atoms with Crippen LogP contribution in [0.5, 0.6) is 0 Å². The number of hydrogen-bond acceptors (Lipinski definition) is 3. The largest absolute Gasteiger partial charge is 0.388 e. The Balaban J connectivity index is 2.32. The molecule has 4 heteroatoms. The second-order valence-corrected chi connectivity index (χ2v) is 5.64. The second kappa shape index (κ2) is 6.36. The maximum absolute atomic E-state index is 12.0. The maximum atomic E-state index is 12.0. The van der Waals surface area contributed by atoms with Crippen molar-refractivity contribution in [1.82, 2.24) is 4.90 Å². The lowest BCUT2D eigenvalue weighted by Gasteiger charge is -2.37. The Morgan fingerprint density at radius 2 is 2.24 bits per heavy atom. The first-order valence-corrected chi connectivity index (χ1v) is 6.65. The smallest absolute Gasteiger partial charge is 0.222 e. The number of rotatable bonds is 5. The predicted molar refractivity (Wildman–Crippen MR) is 68.5 cm³/mol. The van der Waals surface area contributed by atoms with Gasteiger partial charge in [0.15, 0.2) is 0 Å². The summed E-state index contributed by atoms with van der Waals surface area (Å²) in [5.41, 5.74) is 4.79. The van der Waals surface area contributed by atoms with Crippen molar-refractivity contribution in [3.63, 3.8) is 0 Å². The molecule has 2 unspecified atom stereocenters. The highest BCUT2D eigenvalue weighted by atomic mass is 16.3. The van der Waals surface area contributed by atoms with Gasteiger partial charge in [0.1, 0.15) is 0 Å². The average Bonchev–Trinajstić information content (AvgIpc) is 2.25. The third-order valence-electron chi connectivity index (χ3n) is 3.54. The van der Waals surface area contributed by atoms with Gasteiger partial charge in [-0.25, -0.2) is 0 Å². The Bertz CT molecular complexity index is 254. The number of nitrogens with zero attached hydrogens (tertiary/aromatic N) is 1. The van der Waals surface area contributed by atoms with Crippen molar-refractivity contribution in [3.8, 4) is 0 Å². The fraction of sp³-hybridized carbons (Fsp3) is 0.923. The first-order valence-electron chi connectivity index (χ1n) is 6.65. The molecule has 1 aliphatic heterocycles. The molecule has 0 saturated carbocycles. The Morgan fingerprint density at radius 1 is 1.53 bits per heavy atom. The van der Waals surface area contributed by atoms with E-state index in [9.17, 15) is 9.90 Å². The molecule has 3 N–H and O–H groups in total. The molecule has 0 spiro atoms. The monoisotopic (exact) mass is 242 g/mol. The number of carbonyl (C=O) groups excluding carboxylic acids is 1. The van der Waals surface area contributed by atoms with E-state index < -0.39 is 5.60 Å². The highest BCUT2D eigenvalue weighted by molar-refractivity contribution is 5.76. The Labute approximate surface area is 104 Å². The van der Waals surface area contributed by atoms with E-state index in [1.165, 1.54) is 0 Å². The van der Waals surface area contributed by atoms with E-state index in [1.54, 1.807) is 4.90 Å². The summed E-state index contributed by atoms with van der Waals surface area (Å²) in [5.74, 6) is 0.683. The highest BCUT2D eigenvalue weighted by Gasteiger charge is 2.30. The Morgan fingerprint density at radius 3 is 2.82 bits per heavy atom. The van der Waals surface area contributed by atoms with Gasteiger partial charge in [-0.15, -0.1) is 0 Å². The number of nitrogens with two attached hydrogens (primary N) is 1. The molecule has 0 aromatic carbocycles. The maximum Gasteiger partial charge on any atom is 0.222 e. The molecule has 1 saturated heterocycles. The van der Waals surface area contributed by atoms with Crippen LogP contribution >= 0.6 is 0 Å². The topological polar surface area (TPSA) is 66.6 Å². The summed E-state index contributed by atoms with van der Waals surface area (Å²) < 4.78 is 0. The van der Waals surface area contributed by atoms with E-state index in [0.29, 0.717) is 25.4 Å². The van der Waals surface area contributed by atoms with Crippen LogP contribution in [0.2, 0.25) is 0 Å². The van der Waals surface area contributed by atoms with Crippen molar-refractivity contribution < 1.29 is 9.90 Å². The van der Waals surface area contributed by atoms with E-state index in [4.69, 9.17) is 5.73 Å². The normalized spacial score (nSPS) is 26.9. The molecule has 4 nitrogen and oxygen atoms in total. The molecule has 17 heavy (non-hydrogen) atoms. The lowest BCUT2D eigenvalue weighted by Crippen LogP contribution is -2.48. The van der Waals surface area contributed by atoms with E-state index in [0.717, 1.165) is 32.2 Å². The van der Waals surface area contributed by atoms with Gasteiger partial charge >= 0.3 is 0 Å². The van der Waals surface area contributed by atoms with Crippen molar-refractivity contribution >= 4 is 5.91 Å². The number of piperidine rings is 1. The van der Waals surface area contributed by atoms with Crippen molar-refractivity contribution in [1.29, 1.82) is 0 Å². The average molecular weight is 242 g/mol. The van der Waals surface area contributed by atoms with E-state index in [2.05, 4.69) is 6.92 Å². The van der Waals surface area contributed by atoms with Gasteiger partial charge in [-0.05, 0) is 45.1 Å². The van der Waals surface area contributed by atoms with Crippen molar-refractivity contribution in [3.05, 3.63) is 0 Å². The third kappa shape index (κ3) is 5.04. The number of hydrogen-bond donors (Lipinski definition) is 2. The van der Waals surface area contributed by atoms with Crippen LogP contribution in [-0.2, 0) is 4.79 Å². The van der Waals surface area contributed by atoms with Gasteiger partial charge in [-0.2, -0.15) is 0 Å². The summed E-state index contributed by atoms with van der Waals surface area (Å²) in [6.45, 7) is 5.90. The van der Waals surface area contributed by atoms with Gasteiger partial charge < -0.3 is 15.7 Å². The van der Waals surface area contributed by atoms with Crippen LogP contribution in [0.1, 0.15) is 46.0 Å². The van der Waals surface area contributed by atoms with Crippen LogP contribution in [0, 0.1) is 5.92 Å². The van der Waals surface area contributed by atoms with Crippen LogP contribution in [0.4, 0.5) is 0 Å². The van der Waals surface area contributed by atoms with Crippen LogP contribution in [0.3, 0.4) is 0 Å². The van der Waals surface area contributed by atoms with E-state index in [1.807, 2.05) is 6.92 Å². The highest BCUT2D eigenvalue weighted by Crippen LogP contribution is 2.21. The summed E-state index contributed by atoms with van der Waals surface area (Å²) in [6, 6.07) is 0. The molecular formula is C13H26N2O2. The van der Waals surface area contributed by atoms with Crippen LogP contribution in [-0.4, -0.2) is 41.1 Å². The molecule has 1 rings (SSSR count). The summed E-state index contributed by atoms with van der Waals surface area (Å²) in [4.78, 5) is 13.8. The molecule has 2 atom stereocenters. The van der Waals surface area contributed by atoms with Gasteiger partial charge in [0.2, 0.25) is 5.91 Å². The Kier molecular flexibility index (Phi) is 5.40. The summed E-state index contributed by atoms with van der Waals surface area (Å²) in [7, 11) is 0. The summed E-state index contributed by atoms with van der Waals surface area (Å²) >= 11 is 0. The molecule has 1 amide bonds. The first-order chi connectivity index (χ1) is 7.94. The van der Waals surface area contributed by atoms with Gasteiger partial charge in [0.05, 0.1) is 5.60 Å². The molecule has 0 aromatic rings. The fourth-order valence-corrected chi connectivity index (χ4v) is 2.39. The van der Waals surface area contributed by atoms with Crippen LogP contribution < -0.4 is 5.73 Å². The number of likely N-dealkylation sites (tertiary alicyclic amines) is 1. The van der Waals surface area contributed by atoms with Crippen LogP contribution in [0.25, 0.3) is 0 Å². The zero-order valence-electron chi connectivity index (χ0n) is 11.1. The molecular weight excluding hydrogens is 216 g/mol. The van der Waals surface area contributed by atoms with E-state index in [-0.39, 0.29) is 5.91 Å². The first kappa shape index (κ1) is 14.5. The number of carbonyl (C=O) groups is 1. The standard InChI is InChI=1S/C13H26N2O2/c1-11(6-8-14)4-5-12(16)15-9-3-7-13(2,17)10-15/h11,17H,3-10,14H2,1-2H3. The molecule has 1 fully saturated rings. The lowest BCUT2D eigenvalue weighted by molar-refractivity contribution is -0.137. The van der Waals surface area contributed by atoms with Crippen LogP contribution in [0.15, 0.2) is 0 Å². The summed E-state index contributed by atoms with van der Waals surface area (Å²) in [5, 5.41) is 9.94. The second-order valence-electron chi connectivity index (χ2n) is 5.64. The van der Waals surface area contributed by atoms with Crippen molar-refractivity contribution in [2.24, 2.45) is 11.7 Å². The molecule has 0 radical (unpaired) electrons. The quantitative estimate of drug-likeness (QED) is 0.759. The Hall–Kier alpha value is -0.610. The van der Waals surface area contributed by atoms with Gasteiger partial charge in [-0.3, -0.25) is 4.79 Å². The minimum absolute atomic E-state index is 0.175. The zero-order chi connectivity index (χ0) is 12.9. The molecule has 0 aliphatic carbocycles. The van der Waals surface area contributed by atoms with Crippen molar-refractivity contribution in [2.75, 3.05) is 19.6 Å². The minimum Gasteiger partial charge on any atom is -0.388 e. The third-order valence-corrected chi connectivity index (χ3v) is 3.54. The number of β-amino-alcohol motifs (C(OH)–C–C–N with tert-alkyl or cyclic N) is 1.